The molecule has 0 saturated heterocycles. The van der Waals surface area contributed by atoms with E-state index in [1.165, 1.54) is 5.38 Å². The van der Waals surface area contributed by atoms with Gasteiger partial charge in [0, 0.05) is 15.5 Å². The van der Waals surface area contributed by atoms with E-state index in [-0.39, 0.29) is 16.5 Å². The number of carbonyl (C=O) groups is 1. The first-order valence-electron chi connectivity index (χ1n) is 5.15. The smallest absolute Gasteiger partial charge is 0.281 e. The highest BCUT2D eigenvalue weighted by atomic mass is 79.9. The molecule has 0 unspecified atom stereocenters. The minimum Gasteiger partial charge on any atom is -0.296 e. The van der Waals surface area contributed by atoms with Crippen molar-refractivity contribution < 1.29 is 13.6 Å². The summed E-state index contributed by atoms with van der Waals surface area (Å²) in [5, 5.41) is 3.77. The number of nitrogens with zero attached hydrogens (tertiary/aromatic N) is 2. The number of anilines is 1. The second-order valence-corrected chi connectivity index (χ2v) is 5.42. The van der Waals surface area contributed by atoms with Gasteiger partial charge in [-0.3, -0.25) is 10.1 Å². The van der Waals surface area contributed by atoms with Crippen LogP contribution in [0.2, 0.25) is 0 Å². The summed E-state index contributed by atoms with van der Waals surface area (Å²) in [6.07, 6.45) is -2.65. The Kier molecular flexibility index (Phi) is 4.20. The minimum atomic E-state index is -2.65. The Bertz CT molecular complexity index is 597. The zero-order chi connectivity index (χ0) is 14.0. The van der Waals surface area contributed by atoms with Gasteiger partial charge in [-0.15, -0.1) is 11.3 Å². The number of hydrogen-bond acceptors (Lipinski definition) is 4. The molecule has 0 aromatic carbocycles. The summed E-state index contributed by atoms with van der Waals surface area (Å²) >= 11 is 4.20. The molecule has 0 spiro atoms. The first-order valence-corrected chi connectivity index (χ1v) is 6.82. The predicted molar refractivity (Wildman–Crippen MR) is 71.7 cm³/mol. The van der Waals surface area contributed by atoms with Crippen molar-refractivity contribution in [2.45, 2.75) is 13.3 Å². The van der Waals surface area contributed by atoms with Gasteiger partial charge in [0.1, 0.15) is 11.4 Å². The molecule has 0 bridgehead atoms. The Balaban J connectivity index is 2.15. The van der Waals surface area contributed by atoms with Crippen molar-refractivity contribution >= 4 is 38.3 Å². The zero-order valence-electron chi connectivity index (χ0n) is 9.65. The first-order chi connectivity index (χ1) is 8.95. The Labute approximate surface area is 120 Å². The van der Waals surface area contributed by atoms with E-state index in [0.29, 0.717) is 5.69 Å². The maximum atomic E-state index is 12.4. The van der Waals surface area contributed by atoms with E-state index in [4.69, 9.17) is 0 Å². The fourth-order valence-electron chi connectivity index (χ4n) is 1.35. The fourth-order valence-corrected chi connectivity index (χ4v) is 2.59. The molecule has 0 aliphatic carbocycles. The van der Waals surface area contributed by atoms with E-state index in [1.54, 1.807) is 19.1 Å². The zero-order valence-corrected chi connectivity index (χ0v) is 12.1. The molecule has 0 radical (unpaired) electrons. The topological polar surface area (TPSA) is 54.9 Å². The monoisotopic (exact) mass is 347 g/mol. The summed E-state index contributed by atoms with van der Waals surface area (Å²) in [6, 6.07) is 3.30. The van der Waals surface area contributed by atoms with Crippen molar-refractivity contribution in [2.24, 2.45) is 0 Å². The van der Waals surface area contributed by atoms with Gasteiger partial charge in [0.25, 0.3) is 12.3 Å². The standard InChI is InChI=1S/C11H8BrF2N3OS/c1-5-2-6(12)3-7(15-5)10(18)17-11-16-8(4-19-11)9(13)14/h2-4,9H,1H3,(H,16,17,18). The fraction of sp³-hybridized carbons (Fsp3) is 0.182. The lowest BCUT2D eigenvalue weighted by molar-refractivity contribution is 0.102. The quantitative estimate of drug-likeness (QED) is 0.918. The molecule has 100 valence electrons. The van der Waals surface area contributed by atoms with Crippen LogP contribution in [0.25, 0.3) is 0 Å². The lowest BCUT2D eigenvalue weighted by Crippen LogP contribution is -2.14. The summed E-state index contributed by atoms with van der Waals surface area (Å²) in [5.74, 6) is -0.487. The number of aromatic nitrogens is 2. The third-order valence-corrected chi connectivity index (χ3v) is 3.35. The largest absolute Gasteiger partial charge is 0.296 e. The molecule has 19 heavy (non-hydrogen) atoms. The SMILES string of the molecule is Cc1cc(Br)cc(C(=O)Nc2nc(C(F)F)cs2)n1. The molecular weight excluding hydrogens is 340 g/mol. The highest BCUT2D eigenvalue weighted by Crippen LogP contribution is 2.24. The van der Waals surface area contributed by atoms with Crippen LogP contribution in [0.1, 0.15) is 28.3 Å². The molecule has 0 fully saturated rings. The number of carbonyl (C=O) groups excluding carboxylic acids is 1. The average Bonchev–Trinajstić information content (AvgIpc) is 2.76. The third kappa shape index (κ3) is 3.54. The van der Waals surface area contributed by atoms with Gasteiger partial charge in [0.2, 0.25) is 0 Å². The van der Waals surface area contributed by atoms with Crippen LogP contribution in [-0.4, -0.2) is 15.9 Å². The van der Waals surface area contributed by atoms with Crippen molar-refractivity contribution in [1.29, 1.82) is 0 Å². The molecule has 0 aliphatic heterocycles. The number of rotatable bonds is 3. The summed E-state index contributed by atoms with van der Waals surface area (Å²) in [4.78, 5) is 19.6. The van der Waals surface area contributed by atoms with Gasteiger partial charge in [0.15, 0.2) is 5.13 Å². The van der Waals surface area contributed by atoms with E-state index < -0.39 is 12.3 Å². The Morgan fingerprint density at radius 1 is 1.42 bits per heavy atom. The van der Waals surface area contributed by atoms with E-state index in [1.807, 2.05) is 0 Å². The van der Waals surface area contributed by atoms with Gasteiger partial charge in [-0.1, -0.05) is 15.9 Å². The van der Waals surface area contributed by atoms with Crippen molar-refractivity contribution in [2.75, 3.05) is 5.32 Å². The summed E-state index contributed by atoms with van der Waals surface area (Å²) in [6.45, 7) is 1.75. The van der Waals surface area contributed by atoms with Crippen LogP contribution in [0.15, 0.2) is 22.0 Å². The van der Waals surface area contributed by atoms with E-state index >= 15 is 0 Å². The summed E-state index contributed by atoms with van der Waals surface area (Å²) in [7, 11) is 0. The number of hydrogen-bond donors (Lipinski definition) is 1. The van der Waals surface area contributed by atoms with Crippen LogP contribution >= 0.6 is 27.3 Å². The number of halogens is 3. The highest BCUT2D eigenvalue weighted by molar-refractivity contribution is 9.10. The van der Waals surface area contributed by atoms with E-state index in [0.717, 1.165) is 15.8 Å². The number of pyridine rings is 1. The lowest BCUT2D eigenvalue weighted by atomic mass is 10.3. The van der Waals surface area contributed by atoms with Gasteiger partial charge in [-0.25, -0.2) is 18.7 Å². The normalized spacial score (nSPS) is 10.8. The van der Waals surface area contributed by atoms with Crippen LogP contribution in [-0.2, 0) is 0 Å². The molecule has 0 aliphatic rings. The molecule has 1 amide bonds. The van der Waals surface area contributed by atoms with Crippen LogP contribution in [0.4, 0.5) is 13.9 Å². The molecule has 2 aromatic heterocycles. The maximum absolute atomic E-state index is 12.4. The Hall–Kier alpha value is -1.41. The second kappa shape index (κ2) is 5.70. The number of aryl methyl sites for hydroxylation is 1. The van der Waals surface area contributed by atoms with Gasteiger partial charge in [-0.2, -0.15) is 0 Å². The molecule has 2 rings (SSSR count). The molecule has 0 atom stereocenters. The predicted octanol–water partition coefficient (Wildman–Crippen LogP) is 3.80. The van der Waals surface area contributed by atoms with Gasteiger partial charge in [0.05, 0.1) is 0 Å². The number of alkyl halides is 2. The van der Waals surface area contributed by atoms with Crippen LogP contribution < -0.4 is 5.32 Å². The molecule has 2 aromatic rings. The number of thiazole rings is 1. The lowest BCUT2D eigenvalue weighted by Gasteiger charge is -2.03. The molecule has 8 heteroatoms. The third-order valence-electron chi connectivity index (χ3n) is 2.12. The number of nitrogens with one attached hydrogen (secondary N) is 1. The maximum Gasteiger partial charge on any atom is 0.281 e. The highest BCUT2D eigenvalue weighted by Gasteiger charge is 2.15. The van der Waals surface area contributed by atoms with E-state index in [9.17, 15) is 13.6 Å². The Morgan fingerprint density at radius 2 is 2.16 bits per heavy atom. The first kappa shape index (κ1) is 14.0. The van der Waals surface area contributed by atoms with Crippen molar-refractivity contribution in [1.82, 2.24) is 9.97 Å². The number of amides is 1. The Morgan fingerprint density at radius 3 is 2.74 bits per heavy atom. The van der Waals surface area contributed by atoms with Crippen LogP contribution in [0.3, 0.4) is 0 Å². The van der Waals surface area contributed by atoms with Gasteiger partial charge < -0.3 is 0 Å². The molecular formula is C11H8BrF2N3OS. The second-order valence-electron chi connectivity index (χ2n) is 3.64. The molecule has 0 saturated carbocycles. The van der Waals surface area contributed by atoms with Gasteiger partial charge in [-0.05, 0) is 19.1 Å². The summed E-state index contributed by atoms with van der Waals surface area (Å²) in [5.41, 5.74) is 0.520. The van der Waals surface area contributed by atoms with E-state index in [2.05, 4.69) is 31.2 Å². The average molecular weight is 348 g/mol. The summed E-state index contributed by atoms with van der Waals surface area (Å²) < 4.78 is 25.4. The minimum absolute atomic E-state index is 0.125. The van der Waals surface area contributed by atoms with Gasteiger partial charge >= 0.3 is 0 Å². The van der Waals surface area contributed by atoms with Crippen molar-refractivity contribution in [3.05, 3.63) is 39.1 Å². The van der Waals surface area contributed by atoms with Crippen molar-refractivity contribution in [3.8, 4) is 0 Å². The van der Waals surface area contributed by atoms with Crippen LogP contribution in [0, 0.1) is 6.92 Å². The molecule has 4 nitrogen and oxygen atoms in total. The molecule has 2 heterocycles. The molecule has 1 N–H and O–H groups in total. The van der Waals surface area contributed by atoms with Crippen molar-refractivity contribution in [3.63, 3.8) is 0 Å². The van der Waals surface area contributed by atoms with Crippen LogP contribution in [0.5, 0.6) is 0 Å².